The monoisotopic (exact) mass is 279 g/mol. The van der Waals surface area contributed by atoms with Gasteiger partial charge in [-0.1, -0.05) is 30.7 Å². The summed E-state index contributed by atoms with van der Waals surface area (Å²) in [6, 6.07) is 9.10. The molecule has 0 aliphatic rings. The molecule has 100 valence electrons. The van der Waals surface area contributed by atoms with Crippen molar-refractivity contribution in [3.63, 3.8) is 0 Å². The average molecular weight is 280 g/mol. The first kappa shape index (κ1) is 13.5. The number of nitrogens with two attached hydrogens (primary N) is 2. The van der Waals surface area contributed by atoms with Crippen LogP contribution >= 0.6 is 11.6 Å². The molecular weight excluding hydrogens is 265 g/mol. The van der Waals surface area contributed by atoms with Crippen molar-refractivity contribution in [2.24, 2.45) is 0 Å². The lowest BCUT2D eigenvalue weighted by Gasteiger charge is -2.13. The van der Waals surface area contributed by atoms with Gasteiger partial charge in [-0.05, 0) is 30.2 Å². The fraction of sp³-hybridized carbons (Fsp3) is 0.143. The van der Waals surface area contributed by atoms with Gasteiger partial charge in [0, 0.05) is 5.69 Å². The number of benzene rings is 2. The number of hydrogen-bond acceptors (Lipinski definition) is 3. The number of anilines is 4. The quantitative estimate of drug-likeness (QED) is 0.746. The van der Waals surface area contributed by atoms with Crippen LogP contribution in [-0.4, -0.2) is 0 Å². The van der Waals surface area contributed by atoms with Gasteiger partial charge in [0.1, 0.15) is 5.02 Å². The van der Waals surface area contributed by atoms with E-state index in [9.17, 15) is 4.39 Å². The molecular formula is C14H15ClFN3. The topological polar surface area (TPSA) is 64.1 Å². The van der Waals surface area contributed by atoms with Gasteiger partial charge in [-0.25, -0.2) is 4.39 Å². The lowest BCUT2D eigenvalue weighted by molar-refractivity contribution is 0.633. The van der Waals surface area contributed by atoms with E-state index in [1.54, 1.807) is 0 Å². The maximum atomic E-state index is 14.0. The third kappa shape index (κ3) is 2.74. The summed E-state index contributed by atoms with van der Waals surface area (Å²) in [5.41, 5.74) is 13.7. The van der Waals surface area contributed by atoms with E-state index < -0.39 is 5.82 Å². The summed E-state index contributed by atoms with van der Waals surface area (Å²) in [4.78, 5) is 0. The summed E-state index contributed by atoms with van der Waals surface area (Å²) in [5.74, 6) is -0.640. The third-order valence-electron chi connectivity index (χ3n) is 2.90. The zero-order valence-electron chi connectivity index (χ0n) is 10.5. The van der Waals surface area contributed by atoms with Gasteiger partial charge in [0.15, 0.2) is 5.82 Å². The molecule has 0 atom stereocenters. The van der Waals surface area contributed by atoms with E-state index in [1.165, 1.54) is 11.6 Å². The lowest BCUT2D eigenvalue weighted by atomic mass is 10.1. The Kier molecular flexibility index (Phi) is 3.81. The number of nitrogens with one attached hydrogen (secondary N) is 1. The Morgan fingerprint density at radius 2 is 1.79 bits per heavy atom. The molecule has 5 heteroatoms. The van der Waals surface area contributed by atoms with Crippen LogP contribution in [0.4, 0.5) is 27.1 Å². The molecule has 0 aromatic heterocycles. The Morgan fingerprint density at radius 1 is 1.16 bits per heavy atom. The van der Waals surface area contributed by atoms with E-state index in [1.807, 2.05) is 24.3 Å². The van der Waals surface area contributed by atoms with Crippen LogP contribution < -0.4 is 16.8 Å². The highest BCUT2D eigenvalue weighted by Crippen LogP contribution is 2.35. The highest BCUT2D eigenvalue weighted by atomic mass is 35.5. The highest BCUT2D eigenvalue weighted by molar-refractivity contribution is 6.33. The van der Waals surface area contributed by atoms with Crippen molar-refractivity contribution in [3.05, 3.63) is 46.7 Å². The minimum atomic E-state index is -0.640. The Labute approximate surface area is 116 Å². The predicted octanol–water partition coefficient (Wildman–Crippen LogP) is 3.95. The summed E-state index contributed by atoms with van der Waals surface area (Å²) in [7, 11) is 0. The van der Waals surface area contributed by atoms with Crippen molar-refractivity contribution in [3.8, 4) is 0 Å². The van der Waals surface area contributed by atoms with Crippen LogP contribution in [0.1, 0.15) is 12.5 Å². The maximum Gasteiger partial charge on any atom is 0.169 e. The zero-order valence-corrected chi connectivity index (χ0v) is 11.3. The van der Waals surface area contributed by atoms with Crippen LogP contribution in [0.25, 0.3) is 0 Å². The van der Waals surface area contributed by atoms with E-state index >= 15 is 0 Å². The molecule has 0 amide bonds. The van der Waals surface area contributed by atoms with Crippen molar-refractivity contribution in [1.82, 2.24) is 0 Å². The number of rotatable bonds is 3. The van der Waals surface area contributed by atoms with Crippen LogP contribution in [0.3, 0.4) is 0 Å². The molecule has 5 N–H and O–H groups in total. The van der Waals surface area contributed by atoms with Crippen molar-refractivity contribution in [1.29, 1.82) is 0 Å². The second-order valence-electron chi connectivity index (χ2n) is 4.23. The summed E-state index contributed by atoms with van der Waals surface area (Å²) in [6.45, 7) is 2.07. The molecule has 0 bridgehead atoms. The maximum absolute atomic E-state index is 14.0. The van der Waals surface area contributed by atoms with E-state index in [2.05, 4.69) is 12.2 Å². The van der Waals surface area contributed by atoms with E-state index in [4.69, 9.17) is 23.1 Å². The normalized spacial score (nSPS) is 10.5. The first-order valence-corrected chi connectivity index (χ1v) is 6.29. The summed E-state index contributed by atoms with van der Waals surface area (Å²) < 4.78 is 14.0. The molecule has 0 unspecified atom stereocenters. The number of nitrogen functional groups attached to an aromatic ring is 2. The first-order chi connectivity index (χ1) is 9.02. The molecule has 0 saturated carbocycles. The summed E-state index contributed by atoms with van der Waals surface area (Å²) in [5, 5.41) is 2.80. The van der Waals surface area contributed by atoms with Gasteiger partial charge >= 0.3 is 0 Å². The van der Waals surface area contributed by atoms with Crippen molar-refractivity contribution in [2.45, 2.75) is 13.3 Å². The molecule has 2 aromatic carbocycles. The van der Waals surface area contributed by atoms with Gasteiger partial charge in [0.2, 0.25) is 0 Å². The van der Waals surface area contributed by atoms with Gasteiger partial charge in [-0.3, -0.25) is 0 Å². The largest absolute Gasteiger partial charge is 0.397 e. The Bertz CT molecular complexity index is 597. The molecule has 0 spiro atoms. The van der Waals surface area contributed by atoms with Crippen LogP contribution in [-0.2, 0) is 6.42 Å². The van der Waals surface area contributed by atoms with Crippen LogP contribution in [0.2, 0.25) is 5.02 Å². The molecule has 0 saturated heterocycles. The van der Waals surface area contributed by atoms with Crippen LogP contribution in [0, 0.1) is 5.82 Å². The highest BCUT2D eigenvalue weighted by Gasteiger charge is 2.14. The second kappa shape index (κ2) is 5.36. The minimum Gasteiger partial charge on any atom is -0.397 e. The fourth-order valence-electron chi connectivity index (χ4n) is 1.76. The number of aryl methyl sites for hydroxylation is 1. The second-order valence-corrected chi connectivity index (χ2v) is 4.61. The van der Waals surface area contributed by atoms with E-state index in [-0.39, 0.29) is 22.1 Å². The van der Waals surface area contributed by atoms with Crippen LogP contribution in [0.5, 0.6) is 0 Å². The number of halogens is 2. The Hall–Kier alpha value is -1.94. The molecule has 0 heterocycles. The molecule has 0 aliphatic carbocycles. The minimum absolute atomic E-state index is 0.123. The summed E-state index contributed by atoms with van der Waals surface area (Å²) >= 11 is 5.77. The molecule has 2 rings (SSSR count). The van der Waals surface area contributed by atoms with Gasteiger partial charge in [0.25, 0.3) is 0 Å². The summed E-state index contributed by atoms with van der Waals surface area (Å²) in [6.07, 6.45) is 0.949. The molecule has 0 radical (unpaired) electrons. The molecule has 0 aliphatic heterocycles. The van der Waals surface area contributed by atoms with Gasteiger partial charge in [-0.2, -0.15) is 0 Å². The van der Waals surface area contributed by atoms with E-state index in [0.29, 0.717) is 0 Å². The smallest absolute Gasteiger partial charge is 0.169 e. The third-order valence-corrected chi connectivity index (χ3v) is 3.28. The average Bonchev–Trinajstić information content (AvgIpc) is 2.42. The molecule has 19 heavy (non-hydrogen) atoms. The molecule has 3 nitrogen and oxygen atoms in total. The van der Waals surface area contributed by atoms with Gasteiger partial charge in [-0.15, -0.1) is 0 Å². The van der Waals surface area contributed by atoms with E-state index in [0.717, 1.165) is 12.1 Å². The Morgan fingerprint density at radius 3 is 2.37 bits per heavy atom. The van der Waals surface area contributed by atoms with Crippen molar-refractivity contribution >= 4 is 34.4 Å². The first-order valence-electron chi connectivity index (χ1n) is 5.91. The Balaban J connectivity index is 2.35. The lowest BCUT2D eigenvalue weighted by Crippen LogP contribution is -2.02. The predicted molar refractivity (Wildman–Crippen MR) is 79.3 cm³/mol. The number of hydrogen-bond donors (Lipinski definition) is 3. The fourth-order valence-corrected chi connectivity index (χ4v) is 1.91. The molecule has 0 fully saturated rings. The van der Waals surface area contributed by atoms with Gasteiger partial charge < -0.3 is 16.8 Å². The zero-order chi connectivity index (χ0) is 14.0. The molecule has 2 aromatic rings. The SMILES string of the molecule is CCc1ccc(Nc2c(N)cc(N)c(Cl)c2F)cc1. The van der Waals surface area contributed by atoms with Crippen molar-refractivity contribution < 1.29 is 4.39 Å². The van der Waals surface area contributed by atoms with Gasteiger partial charge in [0.05, 0.1) is 17.1 Å². The van der Waals surface area contributed by atoms with Crippen LogP contribution in [0.15, 0.2) is 30.3 Å². The van der Waals surface area contributed by atoms with Crippen molar-refractivity contribution in [2.75, 3.05) is 16.8 Å². The standard InChI is InChI=1S/C14H15ClFN3/c1-2-8-3-5-9(6-4-8)19-14-11(18)7-10(17)12(15)13(14)16/h3-7,19H,2,17-18H2,1H3.